The zero-order chi connectivity index (χ0) is 13.4. The number of carbonyl (C=O) groups excluding carboxylic acids is 1. The number of rotatable bonds is 3. The Morgan fingerprint density at radius 3 is 2.95 bits per heavy atom. The van der Waals surface area contributed by atoms with E-state index in [0.717, 1.165) is 18.4 Å². The molecule has 2 saturated heterocycles. The number of hydrogen-bond acceptors (Lipinski definition) is 2. The number of fused-ring (bicyclic) bond motifs is 2. The highest BCUT2D eigenvalue weighted by molar-refractivity contribution is 5.80. The van der Waals surface area contributed by atoms with E-state index in [2.05, 4.69) is 10.6 Å². The van der Waals surface area contributed by atoms with E-state index in [1.165, 1.54) is 12.5 Å². The lowest BCUT2D eigenvalue weighted by Gasteiger charge is -2.19. The highest BCUT2D eigenvalue weighted by Crippen LogP contribution is 2.33. The van der Waals surface area contributed by atoms with Crippen LogP contribution in [-0.4, -0.2) is 18.0 Å². The molecule has 1 aromatic rings. The molecule has 2 N–H and O–H groups in total. The predicted molar refractivity (Wildman–Crippen MR) is 71.0 cm³/mol. The van der Waals surface area contributed by atoms with Gasteiger partial charge in [-0.3, -0.25) is 4.79 Å². The molecule has 2 heterocycles. The van der Waals surface area contributed by atoms with Crippen molar-refractivity contribution in [2.75, 3.05) is 0 Å². The van der Waals surface area contributed by atoms with Crippen molar-refractivity contribution in [3.63, 3.8) is 0 Å². The van der Waals surface area contributed by atoms with E-state index in [1.807, 2.05) is 6.07 Å². The van der Waals surface area contributed by atoms with E-state index in [9.17, 15) is 9.18 Å². The van der Waals surface area contributed by atoms with Crippen LogP contribution < -0.4 is 10.6 Å². The summed E-state index contributed by atoms with van der Waals surface area (Å²) in [7, 11) is 0. The van der Waals surface area contributed by atoms with Crippen LogP contribution in [0.2, 0.25) is 0 Å². The van der Waals surface area contributed by atoms with Crippen LogP contribution in [0, 0.1) is 18.7 Å². The Labute approximate surface area is 112 Å². The standard InChI is InChI=1S/C15H19FN2O/c1-9-2-3-10(6-13(9)16)8-17-15(19)12-7-11-4-5-14(12)18-11/h2-3,6,11-12,14,18H,4-5,7-8H2,1H3,(H,17,19). The molecule has 3 atom stereocenters. The maximum Gasteiger partial charge on any atom is 0.225 e. The molecule has 3 rings (SSSR count). The summed E-state index contributed by atoms with van der Waals surface area (Å²) in [6.45, 7) is 2.14. The smallest absolute Gasteiger partial charge is 0.225 e. The van der Waals surface area contributed by atoms with Crippen LogP contribution in [0.25, 0.3) is 0 Å². The molecule has 2 aliphatic rings. The molecule has 102 valence electrons. The third kappa shape index (κ3) is 2.50. The lowest BCUT2D eigenvalue weighted by Crippen LogP contribution is -2.37. The van der Waals surface area contributed by atoms with Gasteiger partial charge in [-0.25, -0.2) is 4.39 Å². The Morgan fingerprint density at radius 1 is 1.47 bits per heavy atom. The van der Waals surface area contributed by atoms with E-state index in [4.69, 9.17) is 0 Å². The van der Waals surface area contributed by atoms with Crippen molar-refractivity contribution in [1.29, 1.82) is 0 Å². The van der Waals surface area contributed by atoms with Gasteiger partial charge in [0.2, 0.25) is 5.91 Å². The maximum absolute atomic E-state index is 13.4. The molecule has 0 spiro atoms. The Bertz CT molecular complexity index is 503. The Kier molecular flexibility index (Phi) is 3.27. The average molecular weight is 262 g/mol. The van der Waals surface area contributed by atoms with Crippen molar-refractivity contribution >= 4 is 5.91 Å². The molecule has 2 aliphatic heterocycles. The van der Waals surface area contributed by atoms with E-state index in [-0.39, 0.29) is 17.6 Å². The van der Waals surface area contributed by atoms with Gasteiger partial charge in [-0.2, -0.15) is 0 Å². The first kappa shape index (κ1) is 12.6. The second-order valence-electron chi connectivity index (χ2n) is 5.69. The van der Waals surface area contributed by atoms with Crippen LogP contribution in [0.4, 0.5) is 4.39 Å². The first-order valence-electron chi connectivity index (χ1n) is 6.92. The van der Waals surface area contributed by atoms with Gasteiger partial charge in [0.1, 0.15) is 5.82 Å². The topological polar surface area (TPSA) is 41.1 Å². The molecule has 0 saturated carbocycles. The number of amides is 1. The number of aryl methyl sites for hydroxylation is 1. The van der Waals surface area contributed by atoms with Gasteiger partial charge in [0.05, 0.1) is 5.92 Å². The number of carbonyl (C=O) groups is 1. The van der Waals surface area contributed by atoms with Crippen molar-refractivity contribution in [2.24, 2.45) is 5.92 Å². The van der Waals surface area contributed by atoms with Crippen molar-refractivity contribution in [3.8, 4) is 0 Å². The van der Waals surface area contributed by atoms with Crippen molar-refractivity contribution < 1.29 is 9.18 Å². The molecule has 19 heavy (non-hydrogen) atoms. The highest BCUT2D eigenvalue weighted by Gasteiger charge is 2.42. The Balaban J connectivity index is 1.57. The summed E-state index contributed by atoms with van der Waals surface area (Å²) in [6, 6.07) is 5.97. The monoisotopic (exact) mass is 262 g/mol. The first-order valence-corrected chi connectivity index (χ1v) is 6.92. The van der Waals surface area contributed by atoms with Crippen molar-refractivity contribution in [3.05, 3.63) is 35.1 Å². The molecule has 3 nitrogen and oxygen atoms in total. The summed E-state index contributed by atoms with van der Waals surface area (Å²) in [5.41, 5.74) is 1.44. The quantitative estimate of drug-likeness (QED) is 0.873. The normalized spacial score (nSPS) is 28.6. The van der Waals surface area contributed by atoms with E-state index in [1.54, 1.807) is 13.0 Å². The SMILES string of the molecule is Cc1ccc(CNC(=O)C2CC3CCC2N3)cc1F. The minimum atomic E-state index is -0.215. The van der Waals surface area contributed by atoms with Crippen molar-refractivity contribution in [1.82, 2.24) is 10.6 Å². The molecule has 4 heteroatoms. The fourth-order valence-corrected chi connectivity index (χ4v) is 3.18. The summed E-state index contributed by atoms with van der Waals surface area (Å²) in [5, 5.41) is 6.38. The van der Waals surface area contributed by atoms with Crippen LogP contribution in [0.3, 0.4) is 0 Å². The number of nitrogens with one attached hydrogen (secondary N) is 2. The van der Waals surface area contributed by atoms with Gasteiger partial charge >= 0.3 is 0 Å². The van der Waals surface area contributed by atoms with Gasteiger partial charge in [0.25, 0.3) is 0 Å². The molecular weight excluding hydrogens is 243 g/mol. The summed E-state index contributed by atoms with van der Waals surface area (Å²) in [5.74, 6) is -0.0249. The van der Waals surface area contributed by atoms with Gasteiger partial charge in [0, 0.05) is 18.6 Å². The Hall–Kier alpha value is -1.42. The van der Waals surface area contributed by atoms with Gasteiger partial charge < -0.3 is 10.6 Å². The summed E-state index contributed by atoms with van der Waals surface area (Å²) >= 11 is 0. The lowest BCUT2D eigenvalue weighted by molar-refractivity contribution is -0.125. The second-order valence-corrected chi connectivity index (χ2v) is 5.69. The van der Waals surface area contributed by atoms with Crippen LogP contribution in [0.1, 0.15) is 30.4 Å². The lowest BCUT2D eigenvalue weighted by atomic mass is 9.88. The third-order valence-corrected chi connectivity index (χ3v) is 4.34. The van der Waals surface area contributed by atoms with Crippen LogP contribution >= 0.6 is 0 Å². The molecule has 0 radical (unpaired) electrons. The zero-order valence-electron chi connectivity index (χ0n) is 11.1. The minimum absolute atomic E-state index is 0.0917. The molecule has 0 aliphatic carbocycles. The van der Waals surface area contributed by atoms with Gasteiger partial charge in [-0.15, -0.1) is 0 Å². The molecule has 3 unspecified atom stereocenters. The highest BCUT2D eigenvalue weighted by atomic mass is 19.1. The van der Waals surface area contributed by atoms with Gasteiger partial charge in [0.15, 0.2) is 0 Å². The van der Waals surface area contributed by atoms with Crippen LogP contribution in [0.15, 0.2) is 18.2 Å². The maximum atomic E-state index is 13.4. The van der Waals surface area contributed by atoms with Gasteiger partial charge in [-0.05, 0) is 43.4 Å². The van der Waals surface area contributed by atoms with E-state index >= 15 is 0 Å². The predicted octanol–water partition coefficient (Wildman–Crippen LogP) is 1.89. The Morgan fingerprint density at radius 2 is 2.32 bits per heavy atom. The summed E-state index contributed by atoms with van der Waals surface area (Å²) in [6.07, 6.45) is 3.23. The number of halogens is 1. The summed E-state index contributed by atoms with van der Waals surface area (Å²) < 4.78 is 13.4. The summed E-state index contributed by atoms with van der Waals surface area (Å²) in [4.78, 5) is 12.1. The fourth-order valence-electron chi connectivity index (χ4n) is 3.18. The molecule has 2 fully saturated rings. The average Bonchev–Trinajstić information content (AvgIpc) is 3.02. The second kappa shape index (κ2) is 4.93. The van der Waals surface area contributed by atoms with Crippen LogP contribution in [-0.2, 0) is 11.3 Å². The van der Waals surface area contributed by atoms with Crippen molar-refractivity contribution in [2.45, 2.75) is 44.8 Å². The van der Waals surface area contributed by atoms with Gasteiger partial charge in [-0.1, -0.05) is 12.1 Å². The molecule has 2 bridgehead atoms. The number of benzene rings is 1. The third-order valence-electron chi connectivity index (χ3n) is 4.34. The molecule has 0 aromatic heterocycles. The van der Waals surface area contributed by atoms with E-state index in [0.29, 0.717) is 24.2 Å². The molecule has 1 aromatic carbocycles. The fraction of sp³-hybridized carbons (Fsp3) is 0.533. The molecular formula is C15H19FN2O. The minimum Gasteiger partial charge on any atom is -0.352 e. The van der Waals surface area contributed by atoms with Crippen LogP contribution in [0.5, 0.6) is 0 Å². The zero-order valence-corrected chi connectivity index (χ0v) is 11.1. The largest absolute Gasteiger partial charge is 0.352 e. The number of hydrogen-bond donors (Lipinski definition) is 2. The molecule has 1 amide bonds. The first-order chi connectivity index (χ1) is 9.13. The van der Waals surface area contributed by atoms with E-state index < -0.39 is 0 Å².